The fourth-order valence-corrected chi connectivity index (χ4v) is 20.7. The summed E-state index contributed by atoms with van der Waals surface area (Å²) in [6.45, 7) is 18.8. The highest BCUT2D eigenvalue weighted by Gasteiger charge is 2.80. The summed E-state index contributed by atoms with van der Waals surface area (Å²) < 4.78 is 132. The van der Waals surface area contributed by atoms with Crippen molar-refractivity contribution in [3.63, 3.8) is 0 Å². The molecule has 3 saturated carbocycles. The number of amides is 7. The van der Waals surface area contributed by atoms with Crippen molar-refractivity contribution in [1.29, 1.82) is 0 Å². The minimum atomic E-state index is -4.09. The first-order valence-electron chi connectivity index (χ1n) is 51.3. The average Bonchev–Trinajstić information content (AvgIpc) is 1.52. The van der Waals surface area contributed by atoms with Gasteiger partial charge >= 0.3 is 7.60 Å². The number of anilines is 1. The van der Waals surface area contributed by atoms with Crippen molar-refractivity contribution in [2.75, 3.05) is 223 Å². The Balaban J connectivity index is 0.596. The molecule has 42 nitrogen and oxygen atoms in total. The molecule has 0 bridgehead atoms. The summed E-state index contributed by atoms with van der Waals surface area (Å²) in [6.07, 6.45) is 2.81. The Bertz CT molecular complexity index is 4700. The molecule has 4 heterocycles. The molecule has 145 heavy (non-hydrogen) atoms. The van der Waals surface area contributed by atoms with Gasteiger partial charge in [-0.25, -0.2) is 8.78 Å². The lowest BCUT2D eigenvalue weighted by atomic mass is 9.44. The van der Waals surface area contributed by atoms with E-state index in [1.165, 1.54) is 26.0 Å². The number of halogens is 2. The number of alkyl halides is 2. The molecule has 2 aromatic rings. The highest BCUT2D eigenvalue weighted by atomic mass is 31.2. The van der Waals surface area contributed by atoms with Crippen molar-refractivity contribution in [2.24, 2.45) is 28.6 Å². The maximum Gasteiger partial charge on any atom is 0.327 e. The van der Waals surface area contributed by atoms with E-state index < -0.39 is 138 Å². The number of unbranched alkanes of at least 4 members (excludes halogenated alkanes) is 1. The van der Waals surface area contributed by atoms with Crippen molar-refractivity contribution >= 4 is 77.6 Å². The molecular formula is C100H155F2N14O28P. The van der Waals surface area contributed by atoms with E-state index in [1.807, 2.05) is 72.5 Å². The summed E-state index contributed by atoms with van der Waals surface area (Å²) in [7, 11) is -2.21. The summed E-state index contributed by atoms with van der Waals surface area (Å²) in [4.78, 5) is 145. The van der Waals surface area contributed by atoms with Crippen LogP contribution in [-0.4, -0.2) is 356 Å². The zero-order valence-electron chi connectivity index (χ0n) is 84.9. The molecule has 14 atom stereocenters. The molecule has 0 radical (unpaired) electrons. The average molecular weight is 2070 g/mol. The summed E-state index contributed by atoms with van der Waals surface area (Å²) in [5.41, 5.74) is 12.8. The Labute approximate surface area is 847 Å². The third-order valence-corrected chi connectivity index (χ3v) is 28.6. The third kappa shape index (κ3) is 32.8. The fraction of sp³-hybridized carbons (Fsp3) is 0.710. The Hall–Kier alpha value is -8.52. The van der Waals surface area contributed by atoms with Gasteiger partial charge in [0.05, 0.1) is 232 Å². The Morgan fingerprint density at radius 1 is 0.621 bits per heavy atom. The van der Waals surface area contributed by atoms with Gasteiger partial charge in [0.2, 0.25) is 41.4 Å². The number of benzene rings is 2. The Kier molecular flexibility index (Phi) is 47.6. The molecule has 1 saturated heterocycles. The standard InChI is InChI=1S/C100H155F2N14O28P/c1-8-18-89-143-84-63-74-75-62-77(101)76-61-71(117)28-30-97(76,5)99(75,102)82(118)64-98(74,6)100(84,144-89)83(119)65-106-94(124)69(4)107-96(126)90(68(2)3)109-95(125)78(22-16-17-31-104-87(122)67-142-81-25-11-9-10-24-80-92(81)111-112-115(80)34-39-133-44-49-138-53-54-139-55-56-140-57-58-141-59-60-145(127,128)129)108-86(121)29-36-130-41-46-135-51-52-137-48-43-132-38-33-105-85(120)26-27-88(123)114-66-70-19-12-13-20-72(70)93-91(73-21-14-15-23-79(73)114)110-113-116(93)35-40-134-45-50-136-47-42-131-37-32-103-7/h12-15,19-21,23,28,30,61,68-69,74-75,77-78,81-82,84,89-90,103,110-113,118H,8-11,16-18,22,24-27,29,31-60,62-67H2,1-7H3,(H,104,122)(H,105,120)(H,106,124)(H,107,126)(H,108,121)(H,109,125)(H2,127,128,129)/t69-,74-,75-,77-,78+,81?,82-,84+,89?,90-,97-,98-,99-,100+/m0/s1. The minimum absolute atomic E-state index is 0.0297. The number of hydrogen-bond donors (Lipinski definition) is 14. The molecule has 45 heteroatoms. The first-order valence-corrected chi connectivity index (χ1v) is 53.1. The molecule has 14 N–H and O–H groups in total. The first kappa shape index (κ1) is 117. The number of aliphatic hydroxyl groups is 1. The van der Waals surface area contributed by atoms with E-state index >= 15 is 13.6 Å². The van der Waals surface area contributed by atoms with Crippen LogP contribution in [0.3, 0.4) is 0 Å². The summed E-state index contributed by atoms with van der Waals surface area (Å²) in [5, 5.41) is 35.9. The van der Waals surface area contributed by atoms with Crippen molar-refractivity contribution in [3.8, 4) is 0 Å². The molecule has 9 aliphatic rings. The molecule has 0 spiro atoms. The summed E-state index contributed by atoms with van der Waals surface area (Å²) in [6, 6.07) is 11.9. The number of carbonyl (C=O) groups is 9. The van der Waals surface area contributed by atoms with Gasteiger partial charge in [-0.05, 0) is 126 Å². The number of para-hydroxylation sites is 1. The van der Waals surface area contributed by atoms with Gasteiger partial charge in [-0.1, -0.05) is 95.5 Å². The largest absolute Gasteiger partial charge is 0.390 e. The molecule has 5 aliphatic carbocycles. The van der Waals surface area contributed by atoms with Gasteiger partial charge in [-0.15, -0.1) is 11.1 Å². The van der Waals surface area contributed by atoms with E-state index in [1.54, 1.807) is 25.7 Å². The second-order valence-electron chi connectivity index (χ2n) is 38.2. The second kappa shape index (κ2) is 59.2. The van der Waals surface area contributed by atoms with E-state index in [4.69, 9.17) is 80.8 Å². The lowest BCUT2D eigenvalue weighted by molar-refractivity contribution is -0.234. The van der Waals surface area contributed by atoms with Crippen LogP contribution in [0.1, 0.15) is 161 Å². The number of hydrazine groups is 4. The number of ether oxygens (including phenoxy) is 15. The number of likely N-dealkylation sites (N-methyl/N-ethyl adjacent to an activating group) is 1. The number of fused-ring (bicyclic) bond motifs is 11. The van der Waals surface area contributed by atoms with Gasteiger partial charge in [-0.2, -0.15) is 0 Å². The number of Topliss-reactive ketones (excluding diaryl/α,β-unsaturated/α-hetero) is 1. The normalized spacial score (nSPS) is 24.2. The van der Waals surface area contributed by atoms with Gasteiger partial charge in [-0.3, -0.25) is 57.7 Å². The molecular weight excluding hydrogens is 1910 g/mol. The van der Waals surface area contributed by atoms with Gasteiger partial charge in [0.1, 0.15) is 37.0 Å². The molecule has 0 aromatic heterocycles. The number of allylic oxidation sites excluding steroid dienone is 5. The van der Waals surface area contributed by atoms with Crippen molar-refractivity contribution < 1.29 is 142 Å². The van der Waals surface area contributed by atoms with Gasteiger partial charge < -0.3 is 139 Å². The van der Waals surface area contributed by atoms with Gasteiger partial charge in [0.15, 0.2) is 29.1 Å². The van der Waals surface area contributed by atoms with Crippen LogP contribution in [0.25, 0.3) is 11.4 Å². The van der Waals surface area contributed by atoms with Crippen LogP contribution in [0, 0.1) is 28.6 Å². The third-order valence-electron chi connectivity index (χ3n) is 27.8. The van der Waals surface area contributed by atoms with Crippen molar-refractivity contribution in [2.45, 2.75) is 211 Å². The second-order valence-corrected chi connectivity index (χ2v) is 40.0. The molecule has 2 aromatic carbocycles. The smallest absolute Gasteiger partial charge is 0.327 e. The lowest BCUT2D eigenvalue weighted by Gasteiger charge is -2.63. The molecule has 11 rings (SSSR count). The Morgan fingerprint density at radius 2 is 1.21 bits per heavy atom. The van der Waals surface area contributed by atoms with Crippen molar-refractivity contribution in [3.05, 3.63) is 100 Å². The number of rotatable bonds is 68. The van der Waals surface area contributed by atoms with Gasteiger partial charge in [0.25, 0.3) is 0 Å². The van der Waals surface area contributed by atoms with E-state index in [0.29, 0.717) is 137 Å². The van der Waals surface area contributed by atoms with E-state index in [2.05, 4.69) is 59.1 Å². The number of carbonyl (C=O) groups excluding carboxylic acids is 9. The van der Waals surface area contributed by atoms with E-state index in [0.717, 1.165) is 77.8 Å². The number of hydrogen-bond acceptors (Lipinski definition) is 33. The topological polar surface area (TPSA) is 512 Å². The minimum Gasteiger partial charge on any atom is -0.390 e. The van der Waals surface area contributed by atoms with Crippen LogP contribution >= 0.6 is 7.60 Å². The number of nitrogens with one attached hydrogen (secondary N) is 11. The Morgan fingerprint density at radius 3 is 1.86 bits per heavy atom. The van der Waals surface area contributed by atoms with Crippen LogP contribution < -0.4 is 64.0 Å². The van der Waals surface area contributed by atoms with E-state index in [-0.39, 0.29) is 173 Å². The zero-order valence-corrected chi connectivity index (χ0v) is 85.8. The van der Waals surface area contributed by atoms with E-state index in [9.17, 15) is 48.0 Å². The predicted octanol–water partition coefficient (Wildman–Crippen LogP) is 3.76. The molecule has 4 fully saturated rings. The number of nitrogens with zero attached hydrogens (tertiary/aromatic N) is 3. The maximum absolute atomic E-state index is 18.2. The first-order chi connectivity index (χ1) is 70.0. The predicted molar refractivity (Wildman–Crippen MR) is 527 cm³/mol. The SMILES string of the molecule is CCCC1O[C@@H]2C[C@H]3[C@@H]4C[C@H](F)C5=CC(=O)C=C[C@]5(C)[C@@]4(F)[C@@H](O)C[C@]3(C)[C@]2(C(=O)CNC(=O)[C@H](C)NC(=O)[C@@H](NC(=O)[C@@H](CCCCNC(=O)COC2CCCCCC3=C2NNN3CCOCCOCCOCCOCCOCCP(=O)(O)O)NC(=O)CCOCCOCCOCCOCCNC(=O)CCC(=O)N2Cc3ccccc3C3=C(NNN3CCOCCOCCOCCNC)c3ccccc32)C(C)C)O1. The van der Waals surface area contributed by atoms with Crippen molar-refractivity contribution in [1.82, 2.24) is 69.2 Å². The van der Waals surface area contributed by atoms with Crippen LogP contribution in [-0.2, 0) is 125 Å². The molecule has 812 valence electrons. The van der Waals surface area contributed by atoms with Crippen LogP contribution in [0.5, 0.6) is 0 Å². The molecule has 4 aliphatic heterocycles. The summed E-state index contributed by atoms with van der Waals surface area (Å²) >= 11 is 0. The number of ketones is 2. The molecule has 2 unspecified atom stereocenters. The monoisotopic (exact) mass is 2070 g/mol. The van der Waals surface area contributed by atoms with Gasteiger partial charge in [0, 0.05) is 66.8 Å². The molecule has 7 amide bonds. The fourth-order valence-electron chi connectivity index (χ4n) is 20.3. The summed E-state index contributed by atoms with van der Waals surface area (Å²) in [5.74, 6) is -7.23. The maximum atomic E-state index is 18.2. The zero-order chi connectivity index (χ0) is 104. The van der Waals surface area contributed by atoms with Crippen LogP contribution in [0.15, 0.2) is 83.7 Å². The quantitative estimate of drug-likeness (QED) is 0.0331. The highest BCUT2D eigenvalue weighted by molar-refractivity contribution is 7.51. The van der Waals surface area contributed by atoms with Crippen LogP contribution in [0.2, 0.25) is 0 Å². The van der Waals surface area contributed by atoms with Crippen LogP contribution in [0.4, 0.5) is 14.5 Å². The number of aliphatic hydroxyl groups excluding tert-OH is 1. The lowest BCUT2D eigenvalue weighted by Crippen LogP contribution is -2.71. The highest BCUT2D eigenvalue weighted by Crippen LogP contribution is 2.72.